The quantitative estimate of drug-likeness (QED) is 0.159. The molecule has 0 spiro atoms. The SMILES string of the molecule is CC1(C)c2ccccc2-c2cc(N(c3ccccc3)c3cc(N(c4ccccc4)c4ccc5c(c4)-c4ccccc4C5(C)C)c4oc5ccc(-c6cccc7c6-c6ccccc6C7(C)C)cc5c4c3)ccc21. The van der Waals surface area contributed by atoms with E-state index in [2.05, 4.69) is 270 Å². The molecule has 0 saturated carbocycles. The highest BCUT2D eigenvalue weighted by molar-refractivity contribution is 6.14. The van der Waals surface area contributed by atoms with E-state index in [1.54, 1.807) is 0 Å². The lowest BCUT2D eigenvalue weighted by Crippen LogP contribution is -2.16. The van der Waals surface area contributed by atoms with Gasteiger partial charge < -0.3 is 14.2 Å². The zero-order valence-electron chi connectivity index (χ0n) is 41.6. The van der Waals surface area contributed by atoms with Crippen molar-refractivity contribution < 1.29 is 4.42 Å². The highest BCUT2D eigenvalue weighted by Crippen LogP contribution is 2.56. The van der Waals surface area contributed by atoms with Crippen LogP contribution in [0.1, 0.15) is 74.9 Å². The van der Waals surface area contributed by atoms with Crippen LogP contribution in [0.15, 0.2) is 223 Å². The average molecular weight is 927 g/mol. The Morgan fingerprint density at radius 1 is 0.306 bits per heavy atom. The van der Waals surface area contributed by atoms with Crippen molar-refractivity contribution in [1.29, 1.82) is 0 Å². The molecule has 0 aliphatic heterocycles. The van der Waals surface area contributed by atoms with E-state index in [9.17, 15) is 0 Å². The molecule has 0 bridgehead atoms. The number of hydrogen-bond donors (Lipinski definition) is 0. The van der Waals surface area contributed by atoms with Crippen molar-refractivity contribution in [3.05, 3.63) is 252 Å². The molecular weight excluding hydrogens is 873 g/mol. The fourth-order valence-electron chi connectivity index (χ4n) is 13.0. The van der Waals surface area contributed by atoms with Crippen LogP contribution in [-0.2, 0) is 16.2 Å². The molecule has 10 aromatic carbocycles. The van der Waals surface area contributed by atoms with Crippen molar-refractivity contribution in [3.63, 3.8) is 0 Å². The third-order valence-corrected chi connectivity index (χ3v) is 16.6. The maximum absolute atomic E-state index is 7.27. The fourth-order valence-corrected chi connectivity index (χ4v) is 13.0. The maximum atomic E-state index is 7.27. The van der Waals surface area contributed by atoms with Crippen LogP contribution >= 0.6 is 0 Å². The Morgan fingerprint density at radius 2 is 0.778 bits per heavy atom. The van der Waals surface area contributed by atoms with Gasteiger partial charge in [-0.3, -0.25) is 0 Å². The zero-order chi connectivity index (χ0) is 48.7. The number of hydrogen-bond acceptors (Lipinski definition) is 3. The topological polar surface area (TPSA) is 19.6 Å². The molecule has 3 aliphatic carbocycles. The largest absolute Gasteiger partial charge is 0.454 e. The van der Waals surface area contributed by atoms with Gasteiger partial charge in [0.1, 0.15) is 5.58 Å². The Balaban J connectivity index is 1.05. The van der Waals surface area contributed by atoms with E-state index in [0.717, 1.165) is 56.1 Å². The number of furan rings is 1. The predicted octanol–water partition coefficient (Wildman–Crippen LogP) is 19.1. The molecule has 0 unspecified atom stereocenters. The first-order chi connectivity index (χ1) is 35.0. The van der Waals surface area contributed by atoms with Gasteiger partial charge in [-0.1, -0.05) is 187 Å². The summed E-state index contributed by atoms with van der Waals surface area (Å²) < 4.78 is 7.27. The summed E-state index contributed by atoms with van der Waals surface area (Å²) in [6.07, 6.45) is 0. The summed E-state index contributed by atoms with van der Waals surface area (Å²) in [6.45, 7) is 14.1. The van der Waals surface area contributed by atoms with Crippen molar-refractivity contribution in [1.82, 2.24) is 0 Å². The summed E-state index contributed by atoms with van der Waals surface area (Å²) in [5.74, 6) is 0. The summed E-state index contributed by atoms with van der Waals surface area (Å²) >= 11 is 0. The summed E-state index contributed by atoms with van der Waals surface area (Å²) in [5.41, 5.74) is 25.9. The molecule has 0 N–H and O–H groups in total. The van der Waals surface area contributed by atoms with Crippen molar-refractivity contribution in [2.45, 2.75) is 57.8 Å². The first kappa shape index (κ1) is 42.5. The van der Waals surface area contributed by atoms with Crippen LogP contribution in [-0.4, -0.2) is 0 Å². The minimum absolute atomic E-state index is 0.106. The minimum Gasteiger partial charge on any atom is -0.454 e. The van der Waals surface area contributed by atoms with Gasteiger partial charge in [0, 0.05) is 55.5 Å². The monoisotopic (exact) mass is 926 g/mol. The summed E-state index contributed by atoms with van der Waals surface area (Å²) in [4.78, 5) is 4.85. The van der Waals surface area contributed by atoms with E-state index >= 15 is 0 Å². The number of benzene rings is 10. The lowest BCUT2D eigenvalue weighted by atomic mass is 9.82. The second-order valence-corrected chi connectivity index (χ2v) is 21.7. The highest BCUT2D eigenvalue weighted by atomic mass is 16.3. The third-order valence-electron chi connectivity index (χ3n) is 16.6. The Kier molecular flexibility index (Phi) is 9.03. The molecule has 72 heavy (non-hydrogen) atoms. The average Bonchev–Trinajstić information content (AvgIpc) is 4.05. The summed E-state index contributed by atoms with van der Waals surface area (Å²) in [5, 5.41) is 2.12. The van der Waals surface area contributed by atoms with Gasteiger partial charge >= 0.3 is 0 Å². The van der Waals surface area contributed by atoms with Gasteiger partial charge in [0.15, 0.2) is 5.58 Å². The molecule has 14 rings (SSSR count). The molecule has 3 heteroatoms. The molecule has 3 aliphatic rings. The number of fused-ring (bicyclic) bond motifs is 12. The van der Waals surface area contributed by atoms with E-state index < -0.39 is 0 Å². The van der Waals surface area contributed by atoms with Crippen LogP contribution in [0.2, 0.25) is 0 Å². The number of anilines is 6. The lowest BCUT2D eigenvalue weighted by molar-refractivity contribution is 0.660. The number of nitrogens with zero attached hydrogens (tertiary/aromatic N) is 2. The van der Waals surface area contributed by atoms with Crippen molar-refractivity contribution >= 4 is 56.1 Å². The molecule has 11 aromatic rings. The fraction of sp³-hybridized carbons (Fsp3) is 0.130. The molecule has 346 valence electrons. The molecule has 3 nitrogen and oxygen atoms in total. The second-order valence-electron chi connectivity index (χ2n) is 21.7. The van der Waals surface area contributed by atoms with Gasteiger partial charge in [-0.15, -0.1) is 0 Å². The van der Waals surface area contributed by atoms with Gasteiger partial charge in [0.25, 0.3) is 0 Å². The van der Waals surface area contributed by atoms with Crippen molar-refractivity contribution in [3.8, 4) is 44.5 Å². The summed E-state index contributed by atoms with van der Waals surface area (Å²) in [7, 11) is 0. The Hall–Kier alpha value is -8.40. The molecule has 1 aromatic heterocycles. The van der Waals surface area contributed by atoms with Crippen LogP contribution < -0.4 is 9.80 Å². The van der Waals surface area contributed by atoms with Crippen LogP contribution in [0, 0.1) is 0 Å². The lowest BCUT2D eigenvalue weighted by Gasteiger charge is -2.30. The van der Waals surface area contributed by atoms with Crippen LogP contribution in [0.4, 0.5) is 34.1 Å². The molecule has 1 heterocycles. The Morgan fingerprint density at radius 3 is 1.39 bits per heavy atom. The molecule has 0 radical (unpaired) electrons. The van der Waals surface area contributed by atoms with Crippen molar-refractivity contribution in [2.75, 3.05) is 9.80 Å². The molecular formula is C69H54N2O. The highest BCUT2D eigenvalue weighted by Gasteiger charge is 2.39. The van der Waals surface area contributed by atoms with Gasteiger partial charge in [-0.05, 0) is 151 Å². The Bertz CT molecular complexity index is 4020. The first-order valence-corrected chi connectivity index (χ1v) is 25.4. The first-order valence-electron chi connectivity index (χ1n) is 25.4. The smallest absolute Gasteiger partial charge is 0.159 e. The minimum atomic E-state index is -0.121. The van der Waals surface area contributed by atoms with E-state index in [4.69, 9.17) is 4.42 Å². The summed E-state index contributed by atoms with van der Waals surface area (Å²) in [6, 6.07) is 81.0. The van der Waals surface area contributed by atoms with Crippen LogP contribution in [0.3, 0.4) is 0 Å². The second kappa shape index (κ2) is 15.3. The van der Waals surface area contributed by atoms with Crippen molar-refractivity contribution in [2.24, 2.45) is 0 Å². The van der Waals surface area contributed by atoms with Crippen LogP contribution in [0.25, 0.3) is 66.4 Å². The van der Waals surface area contributed by atoms with Gasteiger partial charge in [0.05, 0.1) is 5.69 Å². The number of para-hydroxylation sites is 2. The molecule has 0 saturated heterocycles. The standard InChI is InChI=1S/C69H54N2O/c1-67(2)57-28-16-13-24-50(57)53-39-46(33-35-60(53)67)70(44-20-9-7-10-21-44)48-41-56-55-38-43(49-27-19-31-62-65(49)52-26-15-18-30-59(52)69(62,5)6)32-37-64(55)72-66(56)63(42-48)71(45-22-11-8-12-23-45)47-34-36-61-54(40-47)51-25-14-17-29-58(51)68(61,3)4/h7-42H,1-6H3. The number of rotatable bonds is 7. The van der Waals surface area contributed by atoms with Crippen LogP contribution in [0.5, 0.6) is 0 Å². The van der Waals surface area contributed by atoms with Gasteiger partial charge in [-0.2, -0.15) is 0 Å². The maximum Gasteiger partial charge on any atom is 0.159 e. The molecule has 0 amide bonds. The Labute approximate surface area is 422 Å². The van der Waals surface area contributed by atoms with E-state index in [1.165, 1.54) is 77.9 Å². The zero-order valence-corrected chi connectivity index (χ0v) is 41.6. The van der Waals surface area contributed by atoms with Gasteiger partial charge in [0.2, 0.25) is 0 Å². The third kappa shape index (κ3) is 6.04. The van der Waals surface area contributed by atoms with E-state index in [0.29, 0.717) is 0 Å². The van der Waals surface area contributed by atoms with E-state index in [1.807, 2.05) is 0 Å². The molecule has 0 atom stereocenters. The van der Waals surface area contributed by atoms with E-state index in [-0.39, 0.29) is 16.2 Å². The molecule has 0 fully saturated rings. The normalized spacial score (nSPS) is 14.9. The predicted molar refractivity (Wildman–Crippen MR) is 301 cm³/mol. The van der Waals surface area contributed by atoms with Gasteiger partial charge in [-0.25, -0.2) is 0 Å².